The number of nitrogens with zero attached hydrogens (tertiary/aromatic N) is 2. The van der Waals surface area contributed by atoms with E-state index >= 15 is 0 Å². The van der Waals surface area contributed by atoms with Crippen molar-refractivity contribution in [1.29, 1.82) is 5.26 Å². The van der Waals surface area contributed by atoms with Gasteiger partial charge in [-0.05, 0) is 0 Å². The van der Waals surface area contributed by atoms with Crippen molar-refractivity contribution in [3.05, 3.63) is 24.5 Å². The van der Waals surface area contributed by atoms with Crippen molar-refractivity contribution in [3.63, 3.8) is 0 Å². The molecule has 0 atom stereocenters. The molecule has 0 bridgehead atoms. The second-order valence-electron chi connectivity index (χ2n) is 4.39. The van der Waals surface area contributed by atoms with Crippen LogP contribution in [0.1, 0.15) is 12.8 Å². The minimum absolute atomic E-state index is 1.23. The van der Waals surface area contributed by atoms with Gasteiger partial charge in [-0.25, -0.2) is 0 Å². The molecule has 0 spiro atoms. The van der Waals surface area contributed by atoms with Crippen LogP contribution in [0.3, 0.4) is 0 Å². The van der Waals surface area contributed by atoms with Crippen LogP contribution in [0.5, 0.6) is 0 Å². The lowest BCUT2D eigenvalue weighted by molar-refractivity contribution is -0.819. The fraction of sp³-hybridized carbons (Fsp3) is 0.400. The molecule has 2 rings (SSSR count). The molecule has 0 aliphatic carbocycles. The van der Waals surface area contributed by atoms with E-state index in [9.17, 15) is 34.5 Å². The van der Waals surface area contributed by atoms with Crippen LogP contribution in [0.25, 0.3) is 0 Å². The van der Waals surface area contributed by atoms with Gasteiger partial charge >= 0.3 is 20.7 Å². The Labute approximate surface area is 127 Å². The van der Waals surface area contributed by atoms with Crippen molar-refractivity contribution < 1.29 is 44.0 Å². The molecule has 0 saturated carbocycles. The van der Waals surface area contributed by atoms with Crippen molar-refractivity contribution in [3.8, 4) is 6.19 Å². The van der Waals surface area contributed by atoms with E-state index in [1.165, 1.54) is 36.2 Å². The van der Waals surface area contributed by atoms with E-state index in [0.717, 1.165) is 0 Å². The van der Waals surface area contributed by atoms with E-state index in [4.69, 9.17) is 5.26 Å². The van der Waals surface area contributed by atoms with Crippen molar-refractivity contribution in [2.75, 3.05) is 13.1 Å². The second-order valence-corrected chi connectivity index (χ2v) is 4.39. The zero-order chi connectivity index (χ0) is 18.1. The van der Waals surface area contributed by atoms with Crippen LogP contribution in [0, 0.1) is 11.5 Å². The number of hydrogen-bond donors (Lipinski definition) is 1. The van der Waals surface area contributed by atoms with E-state index in [0.29, 0.717) is 0 Å². The Balaban J connectivity index is 0.000000406. The first-order chi connectivity index (χ1) is 10.4. The molecule has 0 amide bonds. The third kappa shape index (κ3) is 14.9. The topological polar surface area (TPSA) is 32.1 Å². The predicted octanol–water partition coefficient (Wildman–Crippen LogP) is 2.21. The molecule has 1 aromatic rings. The van der Waals surface area contributed by atoms with Gasteiger partial charge in [0.15, 0.2) is 5.26 Å². The van der Waals surface area contributed by atoms with E-state index in [-0.39, 0.29) is 0 Å². The number of aromatic nitrogens is 1. The molecule has 3 nitrogen and oxygen atoms in total. The highest BCUT2D eigenvalue weighted by Crippen LogP contribution is 2.07. The van der Waals surface area contributed by atoms with Gasteiger partial charge in [-0.2, -0.15) is 0 Å². The predicted molar refractivity (Wildman–Crippen MR) is 67.6 cm³/mol. The van der Waals surface area contributed by atoms with E-state index < -0.39 is 14.5 Å². The summed E-state index contributed by atoms with van der Waals surface area (Å²) in [5.74, 6) is 0. The van der Waals surface area contributed by atoms with Crippen molar-refractivity contribution in [2.45, 2.75) is 12.8 Å². The van der Waals surface area contributed by atoms with Crippen LogP contribution in [-0.2, 0) is 0 Å². The van der Waals surface area contributed by atoms with Crippen LogP contribution in [0.15, 0.2) is 24.5 Å². The Morgan fingerprint density at radius 1 is 0.870 bits per heavy atom. The molecule has 0 unspecified atom stereocenters. The quantitative estimate of drug-likeness (QED) is 0.471. The van der Waals surface area contributed by atoms with Crippen molar-refractivity contribution in [1.82, 2.24) is 0 Å². The molecule has 1 N–H and O–H groups in total. The Bertz CT molecular complexity index is 467. The van der Waals surface area contributed by atoms with Gasteiger partial charge in [-0.1, -0.05) is 0 Å². The lowest BCUT2D eigenvalue weighted by atomic mass is 10.3. The summed E-state index contributed by atoms with van der Waals surface area (Å²) in [7, 11) is -12.0. The third-order valence-corrected chi connectivity index (χ3v) is 2.56. The van der Waals surface area contributed by atoms with Gasteiger partial charge in [-0.3, -0.25) is 0 Å². The first-order valence-corrected chi connectivity index (χ1v) is 6.41. The lowest BCUT2D eigenvalue weighted by Gasteiger charge is -2.09. The number of nitriles is 1. The summed E-state index contributed by atoms with van der Waals surface area (Å²) in [6.45, 7) is 2.47. The van der Waals surface area contributed by atoms with Crippen LogP contribution >= 0.6 is 0 Å². The van der Waals surface area contributed by atoms with Gasteiger partial charge in [0.2, 0.25) is 0 Å². The van der Waals surface area contributed by atoms with Gasteiger partial charge in [0.1, 0.15) is 18.1 Å². The summed E-state index contributed by atoms with van der Waals surface area (Å²) in [5.41, 5.74) is 1.31. The van der Waals surface area contributed by atoms with Gasteiger partial charge in [0.05, 0.1) is 13.1 Å². The summed E-state index contributed by atoms with van der Waals surface area (Å²) < 4.78 is 79.5. The van der Waals surface area contributed by atoms with E-state index in [2.05, 4.69) is 6.19 Å². The first-order valence-electron chi connectivity index (χ1n) is 6.41. The largest absolute Gasteiger partial charge is 0.673 e. The highest BCUT2D eigenvalue weighted by Gasteiger charge is 2.21. The fourth-order valence-electron chi connectivity index (χ4n) is 1.82. The number of pyridine rings is 1. The van der Waals surface area contributed by atoms with Gasteiger partial charge < -0.3 is 39.4 Å². The molecule has 130 valence electrons. The second kappa shape index (κ2) is 9.34. The average Bonchev–Trinajstić information content (AvgIpc) is 2.89. The standard InChI is InChI=1S/C10H12N3.2BF4/c11-9-12-7-3-10(4-8-12)13-5-1-2-6-13;2*2-1(3,4)5/h3-4,7-8H,1-2,5-6H2;;/q+1;2*-1/p+1. The number of hydrogen-bond acceptors (Lipinski definition) is 1. The molecular formula is C10H13B2F8N3. The number of quaternary nitrogens is 1. The zero-order valence-electron chi connectivity index (χ0n) is 11.7. The van der Waals surface area contributed by atoms with Gasteiger partial charge in [0, 0.05) is 25.0 Å². The summed E-state index contributed by atoms with van der Waals surface area (Å²) in [6.07, 6.45) is 8.34. The molecule has 13 heteroatoms. The van der Waals surface area contributed by atoms with Gasteiger partial charge in [-0.15, -0.1) is 4.57 Å². The van der Waals surface area contributed by atoms with E-state index in [1.807, 2.05) is 24.5 Å². The monoisotopic (exact) mass is 349 g/mol. The first kappa shape index (κ1) is 21.2. The summed E-state index contributed by atoms with van der Waals surface area (Å²) in [4.78, 5) is 1.55. The van der Waals surface area contributed by atoms with Crippen LogP contribution in [-0.4, -0.2) is 27.6 Å². The molecule has 1 aliphatic heterocycles. The van der Waals surface area contributed by atoms with Crippen LogP contribution < -0.4 is 9.47 Å². The molecule has 0 radical (unpaired) electrons. The highest BCUT2D eigenvalue weighted by molar-refractivity contribution is 6.50. The summed E-state index contributed by atoms with van der Waals surface area (Å²) in [5, 5.41) is 8.60. The molecule has 0 aromatic carbocycles. The summed E-state index contributed by atoms with van der Waals surface area (Å²) >= 11 is 0. The van der Waals surface area contributed by atoms with Crippen LogP contribution in [0.2, 0.25) is 0 Å². The normalized spacial score (nSPS) is 14.9. The van der Waals surface area contributed by atoms with E-state index in [1.54, 1.807) is 4.90 Å². The third-order valence-electron chi connectivity index (χ3n) is 2.56. The zero-order valence-corrected chi connectivity index (χ0v) is 11.7. The van der Waals surface area contributed by atoms with Gasteiger partial charge in [0.25, 0.3) is 0 Å². The molecule has 2 heterocycles. The molecule has 1 aromatic heterocycles. The Kier molecular flexibility index (Phi) is 8.60. The molecule has 1 saturated heterocycles. The molecule has 23 heavy (non-hydrogen) atoms. The maximum Gasteiger partial charge on any atom is 0.673 e. The SMILES string of the molecule is F[B-](F)(F)F.F[B-](F)(F)F.N#C[n+]1ccc([NH+]2CCCC2)cc1. The smallest absolute Gasteiger partial charge is 0.418 e. The lowest BCUT2D eigenvalue weighted by Crippen LogP contribution is -3.05. The fourth-order valence-corrected chi connectivity index (χ4v) is 1.82. The maximum absolute atomic E-state index is 9.75. The summed E-state index contributed by atoms with van der Waals surface area (Å²) in [6, 6.07) is 4.06. The molecule has 1 fully saturated rings. The van der Waals surface area contributed by atoms with Crippen molar-refractivity contribution in [2.24, 2.45) is 0 Å². The van der Waals surface area contributed by atoms with Crippen LogP contribution in [0.4, 0.5) is 40.2 Å². The molecular weight excluding hydrogens is 336 g/mol. The highest BCUT2D eigenvalue weighted by atomic mass is 19.5. The number of rotatable bonds is 1. The number of nitrogens with one attached hydrogen (secondary N) is 1. The van der Waals surface area contributed by atoms with Crippen molar-refractivity contribution >= 4 is 20.2 Å². The Hall–Kier alpha value is -1.83. The minimum atomic E-state index is -6.00. The average molecular weight is 349 g/mol. The Morgan fingerprint density at radius 3 is 1.52 bits per heavy atom. The Morgan fingerprint density at radius 2 is 1.22 bits per heavy atom. The molecule has 1 aliphatic rings. The number of halogens is 8. The minimum Gasteiger partial charge on any atom is -0.418 e. The maximum atomic E-state index is 9.75.